The van der Waals surface area contributed by atoms with Gasteiger partial charge in [-0.3, -0.25) is 18.8 Å². The van der Waals surface area contributed by atoms with Crippen LogP contribution in [0.2, 0.25) is 0 Å². The lowest BCUT2D eigenvalue weighted by molar-refractivity contribution is -0.123. The Balaban J connectivity index is 6.51. The molecule has 0 rings (SSSR count). The third-order valence-corrected chi connectivity index (χ3v) is 9.56. The summed E-state index contributed by atoms with van der Waals surface area (Å²) in [6.45, 7) is 24.6. The van der Waals surface area contributed by atoms with Crippen molar-refractivity contribution in [2.45, 2.75) is 55.4 Å². The molecule has 0 aliphatic carbocycles. The molecule has 6 heteroatoms. The van der Waals surface area contributed by atoms with Crippen LogP contribution in [0.3, 0.4) is 0 Å². The molecule has 0 saturated carbocycles. The van der Waals surface area contributed by atoms with E-state index in [2.05, 4.69) is 75.2 Å². The predicted octanol–water partition coefficient (Wildman–Crippen LogP) is 3.45. The molecule has 0 radical (unpaired) electrons. The molecule has 0 unspecified atom stereocenters. The highest BCUT2D eigenvalue weighted by Crippen LogP contribution is 2.56. The monoisotopic (exact) mass is 360 g/mol. The molecular formula is C18H41N4OP. The van der Waals surface area contributed by atoms with Gasteiger partial charge < -0.3 is 4.90 Å². The van der Waals surface area contributed by atoms with E-state index in [0.717, 1.165) is 52.4 Å². The highest BCUT2D eigenvalue weighted by Gasteiger charge is 2.35. The number of hydrogen-bond acceptors (Lipinski definition) is 4. The molecule has 0 heterocycles. The van der Waals surface area contributed by atoms with Crippen LogP contribution in [-0.2, 0) is 4.79 Å². The van der Waals surface area contributed by atoms with Crippen molar-refractivity contribution in [1.82, 2.24) is 18.9 Å². The first kappa shape index (κ1) is 23.6. The van der Waals surface area contributed by atoms with Crippen molar-refractivity contribution >= 4 is 19.0 Å². The third kappa shape index (κ3) is 5.08. The zero-order valence-corrected chi connectivity index (χ0v) is 18.3. The second-order valence-corrected chi connectivity index (χ2v) is 8.86. The zero-order chi connectivity index (χ0) is 18.8. The molecule has 0 aromatic heterocycles. The van der Waals surface area contributed by atoms with Gasteiger partial charge in [0.05, 0.1) is 7.34 Å². The van der Waals surface area contributed by atoms with Crippen LogP contribution in [0.15, 0.2) is 0 Å². The summed E-state index contributed by atoms with van der Waals surface area (Å²) >= 11 is 0. The summed E-state index contributed by atoms with van der Waals surface area (Å²) in [5.74, 6) is 2.26. The van der Waals surface area contributed by atoms with Gasteiger partial charge in [-0.25, -0.2) is 0 Å². The molecule has 0 spiro atoms. The van der Waals surface area contributed by atoms with E-state index in [1.54, 1.807) is 0 Å². The molecule has 0 fully saturated rings. The normalized spacial score (nSPS) is 12.3. The molecule has 144 valence electrons. The van der Waals surface area contributed by atoms with Crippen LogP contribution in [0.25, 0.3) is 0 Å². The summed E-state index contributed by atoms with van der Waals surface area (Å²) < 4.78 is 7.57. The Labute approximate surface area is 151 Å². The molecule has 0 aliphatic heterocycles. The molecule has 0 N–H and O–H groups in total. The second kappa shape index (κ2) is 12.1. The van der Waals surface area contributed by atoms with Crippen LogP contribution in [0, 0.1) is 0 Å². The maximum Gasteiger partial charge on any atom is 0.250 e. The van der Waals surface area contributed by atoms with Crippen LogP contribution in [0.1, 0.15) is 55.4 Å². The average Bonchev–Trinajstić information content (AvgIpc) is 2.59. The first-order chi connectivity index (χ1) is 11.5. The molecule has 0 aromatic carbocycles. The summed E-state index contributed by atoms with van der Waals surface area (Å²) in [5, 5.41) is 0. The van der Waals surface area contributed by atoms with Crippen molar-refractivity contribution in [2.24, 2.45) is 0 Å². The smallest absolute Gasteiger partial charge is 0.250 e. The van der Waals surface area contributed by atoms with Gasteiger partial charge in [0.15, 0.2) is 0 Å². The van der Waals surface area contributed by atoms with Gasteiger partial charge in [0.2, 0.25) is 5.91 Å². The molecule has 0 atom stereocenters. The number of nitrogens with zero attached hydrogens (tertiary/aromatic N) is 4. The van der Waals surface area contributed by atoms with Gasteiger partial charge in [-0.1, -0.05) is 41.5 Å². The second-order valence-electron chi connectivity index (χ2n) is 5.67. The van der Waals surface area contributed by atoms with Crippen LogP contribution >= 0.6 is 7.34 Å². The van der Waals surface area contributed by atoms with E-state index in [-0.39, 0.29) is 5.91 Å². The van der Waals surface area contributed by atoms with Crippen molar-refractivity contribution in [3.8, 4) is 0 Å². The molecule has 1 amide bonds. The van der Waals surface area contributed by atoms with Gasteiger partial charge >= 0.3 is 0 Å². The molecule has 0 aliphatic rings. The fraction of sp³-hybridized carbons (Fsp3) is 0.889. The van der Waals surface area contributed by atoms with Gasteiger partial charge in [-0.2, -0.15) is 0 Å². The lowest BCUT2D eigenvalue weighted by Crippen LogP contribution is -2.44. The van der Waals surface area contributed by atoms with Gasteiger partial charge in [-0.05, 0) is 13.8 Å². The molecule has 0 saturated heterocycles. The zero-order valence-electron chi connectivity index (χ0n) is 17.4. The molecule has 5 nitrogen and oxygen atoms in total. The van der Waals surface area contributed by atoms with Gasteiger partial charge in [0.1, 0.15) is 0 Å². The van der Waals surface area contributed by atoms with E-state index in [1.807, 2.05) is 4.90 Å². The minimum atomic E-state index is -1.98. The van der Waals surface area contributed by atoms with Crippen LogP contribution in [0.4, 0.5) is 0 Å². The van der Waals surface area contributed by atoms with E-state index >= 15 is 0 Å². The van der Waals surface area contributed by atoms with Crippen molar-refractivity contribution in [2.75, 3.05) is 52.4 Å². The largest absolute Gasteiger partial charge is 0.340 e. The van der Waals surface area contributed by atoms with Crippen molar-refractivity contribution < 1.29 is 4.79 Å². The molecule has 0 bridgehead atoms. The lowest BCUT2D eigenvalue weighted by atomic mass is 10.5. The SMILES string of the molecule is CCN(CC)C(=O)C=P(N(CC)CC)(N(CC)CC)N(CC)CC. The highest BCUT2D eigenvalue weighted by molar-refractivity contribution is 7.69. The minimum absolute atomic E-state index is 0.180. The summed E-state index contributed by atoms with van der Waals surface area (Å²) in [6, 6.07) is 0. The van der Waals surface area contributed by atoms with Gasteiger partial charge in [0, 0.05) is 58.2 Å². The van der Waals surface area contributed by atoms with E-state index in [9.17, 15) is 4.79 Å². The molecule has 24 heavy (non-hydrogen) atoms. The molecular weight excluding hydrogens is 319 g/mol. The summed E-state index contributed by atoms with van der Waals surface area (Å²) in [4.78, 5) is 15.0. The Morgan fingerprint density at radius 3 is 1.12 bits per heavy atom. The maximum atomic E-state index is 13.0. The van der Waals surface area contributed by atoms with Crippen molar-refractivity contribution in [3.63, 3.8) is 0 Å². The van der Waals surface area contributed by atoms with Crippen LogP contribution in [-0.4, -0.2) is 83.0 Å². The van der Waals surface area contributed by atoms with Crippen LogP contribution < -0.4 is 0 Å². The minimum Gasteiger partial charge on any atom is -0.340 e. The van der Waals surface area contributed by atoms with E-state index in [0.29, 0.717) is 0 Å². The fourth-order valence-electron chi connectivity index (χ4n) is 3.47. The Morgan fingerprint density at radius 1 is 0.625 bits per heavy atom. The quantitative estimate of drug-likeness (QED) is 0.499. The van der Waals surface area contributed by atoms with E-state index in [1.165, 1.54) is 0 Å². The first-order valence-electron chi connectivity index (χ1n) is 9.76. The fourth-order valence-corrected chi connectivity index (χ4v) is 7.99. The number of hydrogen-bond donors (Lipinski definition) is 0. The van der Waals surface area contributed by atoms with Crippen molar-refractivity contribution in [1.29, 1.82) is 0 Å². The first-order valence-corrected chi connectivity index (χ1v) is 11.5. The Bertz CT molecular complexity index is 360. The van der Waals surface area contributed by atoms with E-state index in [4.69, 9.17) is 0 Å². The standard InChI is InChI=1S/C18H41N4OP/c1-9-19(10-2)18(23)17-24(20(11-3)12-4,21(13-5)14-6)22(15-7)16-8/h17H,9-16H2,1-8H3. The third-order valence-electron chi connectivity index (χ3n) is 4.80. The number of carbonyl (C=O) groups excluding carboxylic acids is 1. The maximum absolute atomic E-state index is 13.0. The van der Waals surface area contributed by atoms with Crippen molar-refractivity contribution in [3.05, 3.63) is 0 Å². The number of carbonyl (C=O) groups is 1. The average molecular weight is 361 g/mol. The lowest BCUT2D eigenvalue weighted by Gasteiger charge is -2.50. The summed E-state index contributed by atoms with van der Waals surface area (Å²) in [5.41, 5.74) is 0. The Hall–Kier alpha value is -0.350. The van der Waals surface area contributed by atoms with Gasteiger partial charge in [-0.15, -0.1) is 0 Å². The molecule has 0 aromatic rings. The predicted molar refractivity (Wildman–Crippen MR) is 110 cm³/mol. The van der Waals surface area contributed by atoms with Gasteiger partial charge in [0.25, 0.3) is 0 Å². The van der Waals surface area contributed by atoms with Crippen LogP contribution in [0.5, 0.6) is 0 Å². The summed E-state index contributed by atoms with van der Waals surface area (Å²) in [6.07, 6.45) is 0. The topological polar surface area (TPSA) is 30.0 Å². The Kier molecular flexibility index (Phi) is 11.9. The summed E-state index contributed by atoms with van der Waals surface area (Å²) in [7, 11) is -1.98. The van der Waals surface area contributed by atoms with E-state index < -0.39 is 7.34 Å². The number of rotatable bonds is 12. The highest BCUT2D eigenvalue weighted by atomic mass is 31.2. The Morgan fingerprint density at radius 2 is 0.917 bits per heavy atom. The number of amides is 1.